The van der Waals surface area contributed by atoms with Crippen LogP contribution in [-0.2, 0) is 14.3 Å². The van der Waals surface area contributed by atoms with Crippen LogP contribution in [0.2, 0.25) is 0 Å². The van der Waals surface area contributed by atoms with Gasteiger partial charge in [-0.25, -0.2) is 4.79 Å². The van der Waals surface area contributed by atoms with E-state index < -0.39 is 31.0 Å². The van der Waals surface area contributed by atoms with Gasteiger partial charge in [0.05, 0.1) is 4.88 Å². The lowest BCUT2D eigenvalue weighted by Gasteiger charge is -2.07. The summed E-state index contributed by atoms with van der Waals surface area (Å²) in [6.07, 6.45) is 0. The van der Waals surface area contributed by atoms with Gasteiger partial charge in [-0.3, -0.25) is 19.7 Å². The van der Waals surface area contributed by atoms with Gasteiger partial charge < -0.3 is 9.47 Å². The van der Waals surface area contributed by atoms with Gasteiger partial charge in [0.2, 0.25) is 0 Å². The van der Waals surface area contributed by atoms with E-state index >= 15 is 0 Å². The second-order valence-corrected chi connectivity index (χ2v) is 5.83. The van der Waals surface area contributed by atoms with Crippen molar-refractivity contribution in [3.05, 3.63) is 52.2 Å². The molecule has 1 heterocycles. The third-order valence-corrected chi connectivity index (χ3v) is 3.85. The molecule has 0 aliphatic carbocycles. The molecule has 25 heavy (non-hydrogen) atoms. The summed E-state index contributed by atoms with van der Waals surface area (Å²) in [6.45, 7) is 0.468. The molecule has 0 saturated heterocycles. The molecule has 130 valence electrons. The molecule has 0 fully saturated rings. The summed E-state index contributed by atoms with van der Waals surface area (Å²) in [5.74, 6) is -1.71. The molecule has 8 heteroatoms. The van der Waals surface area contributed by atoms with Crippen molar-refractivity contribution in [1.29, 1.82) is 0 Å². The Bertz CT molecular complexity index is 767. The fourth-order valence-corrected chi connectivity index (χ4v) is 2.37. The van der Waals surface area contributed by atoms with Crippen LogP contribution in [0.25, 0.3) is 0 Å². The quantitative estimate of drug-likeness (QED) is 0.597. The number of hydrogen-bond donors (Lipinski definition) is 1. The molecule has 0 unspecified atom stereocenters. The second-order valence-electron chi connectivity index (χ2n) is 4.88. The van der Waals surface area contributed by atoms with Crippen LogP contribution in [-0.4, -0.2) is 36.8 Å². The Kier molecular flexibility index (Phi) is 6.41. The molecule has 1 aromatic heterocycles. The van der Waals surface area contributed by atoms with Gasteiger partial charge >= 0.3 is 5.97 Å². The summed E-state index contributed by atoms with van der Waals surface area (Å²) in [5.41, 5.74) is 0.530. The maximum absolute atomic E-state index is 11.6. The van der Waals surface area contributed by atoms with E-state index in [1.54, 1.807) is 41.8 Å². The number of ether oxygens (including phenoxy) is 2. The Labute approximate surface area is 147 Å². The number of nitrogens with one attached hydrogen (secondary N) is 1. The molecule has 0 aliphatic heterocycles. The molecular weight excluding hydrogens is 346 g/mol. The van der Waals surface area contributed by atoms with Crippen molar-refractivity contribution < 1.29 is 28.7 Å². The van der Waals surface area contributed by atoms with Gasteiger partial charge in [0, 0.05) is 5.56 Å². The van der Waals surface area contributed by atoms with E-state index in [4.69, 9.17) is 9.47 Å². The van der Waals surface area contributed by atoms with Crippen molar-refractivity contribution in [1.82, 2.24) is 5.32 Å². The summed E-state index contributed by atoms with van der Waals surface area (Å²) in [4.78, 5) is 46.3. The minimum absolute atomic E-state index is 0.0749. The number of imide groups is 1. The molecule has 0 radical (unpaired) electrons. The maximum atomic E-state index is 11.6. The third-order valence-electron chi connectivity index (χ3n) is 2.98. The number of rotatable bonds is 7. The topological polar surface area (TPSA) is 98.8 Å². The van der Waals surface area contributed by atoms with E-state index in [-0.39, 0.29) is 5.78 Å². The number of esters is 1. The zero-order valence-electron chi connectivity index (χ0n) is 13.3. The smallest absolute Gasteiger partial charge is 0.344 e. The van der Waals surface area contributed by atoms with Crippen molar-refractivity contribution in [2.75, 3.05) is 13.2 Å². The highest BCUT2D eigenvalue weighted by Gasteiger charge is 2.13. The fourth-order valence-electron chi connectivity index (χ4n) is 1.75. The van der Waals surface area contributed by atoms with E-state index in [0.29, 0.717) is 16.2 Å². The number of benzene rings is 1. The Balaban J connectivity index is 1.70. The summed E-state index contributed by atoms with van der Waals surface area (Å²) in [5, 5.41) is 3.82. The Hall–Kier alpha value is -3.00. The predicted molar refractivity (Wildman–Crippen MR) is 89.7 cm³/mol. The third kappa shape index (κ3) is 5.85. The highest BCUT2D eigenvalue weighted by Crippen LogP contribution is 2.12. The molecule has 0 bridgehead atoms. The highest BCUT2D eigenvalue weighted by molar-refractivity contribution is 7.12. The van der Waals surface area contributed by atoms with Gasteiger partial charge in [-0.05, 0) is 42.6 Å². The van der Waals surface area contributed by atoms with Crippen molar-refractivity contribution in [3.63, 3.8) is 0 Å². The van der Waals surface area contributed by atoms with Gasteiger partial charge in [0.25, 0.3) is 11.8 Å². The van der Waals surface area contributed by atoms with Crippen LogP contribution in [0.5, 0.6) is 5.75 Å². The molecule has 1 aromatic carbocycles. The number of carbonyl (C=O) groups excluding carboxylic acids is 4. The Morgan fingerprint density at radius 1 is 1.04 bits per heavy atom. The van der Waals surface area contributed by atoms with E-state index in [0.717, 1.165) is 0 Å². The summed E-state index contributed by atoms with van der Waals surface area (Å²) >= 11 is 1.19. The number of carbonyl (C=O) groups is 4. The normalized spacial score (nSPS) is 9.96. The van der Waals surface area contributed by atoms with Gasteiger partial charge in [-0.15, -0.1) is 11.3 Å². The lowest BCUT2D eigenvalue weighted by molar-refractivity contribution is -0.150. The molecular formula is C17H15NO6S. The summed E-state index contributed by atoms with van der Waals surface area (Å²) in [6, 6.07) is 9.51. The second kappa shape index (κ2) is 8.74. The van der Waals surface area contributed by atoms with Gasteiger partial charge in [-0.2, -0.15) is 0 Å². The van der Waals surface area contributed by atoms with Crippen LogP contribution in [0.15, 0.2) is 41.8 Å². The first-order valence-electron chi connectivity index (χ1n) is 7.23. The zero-order valence-corrected chi connectivity index (χ0v) is 14.1. The van der Waals surface area contributed by atoms with Gasteiger partial charge in [-0.1, -0.05) is 6.07 Å². The van der Waals surface area contributed by atoms with Crippen molar-refractivity contribution >= 4 is 34.9 Å². The minimum atomic E-state index is -0.755. The van der Waals surface area contributed by atoms with Gasteiger partial charge in [0.15, 0.2) is 19.0 Å². The average Bonchev–Trinajstić information content (AvgIpc) is 3.13. The molecule has 7 nitrogen and oxygen atoms in total. The standard InChI is InChI=1S/C17H15NO6S/c1-11(19)12-4-6-13(7-5-12)23-10-16(21)24-9-15(20)18-17(22)14-3-2-8-25-14/h2-8H,9-10H2,1H3,(H,18,20,22). The van der Waals surface area contributed by atoms with Crippen LogP contribution in [0.3, 0.4) is 0 Å². The Morgan fingerprint density at radius 2 is 1.76 bits per heavy atom. The first-order chi connectivity index (χ1) is 12.0. The molecule has 0 aliphatic rings. The maximum Gasteiger partial charge on any atom is 0.344 e. The molecule has 2 rings (SSSR count). The molecule has 1 N–H and O–H groups in total. The largest absolute Gasteiger partial charge is 0.482 e. The van der Waals surface area contributed by atoms with Gasteiger partial charge in [0.1, 0.15) is 5.75 Å². The summed E-state index contributed by atoms with van der Waals surface area (Å²) < 4.78 is 9.92. The number of Topliss-reactive ketones (excluding diaryl/α,β-unsaturated/α-hetero) is 1. The number of thiophene rings is 1. The minimum Gasteiger partial charge on any atom is -0.482 e. The number of hydrogen-bond acceptors (Lipinski definition) is 7. The summed E-state index contributed by atoms with van der Waals surface area (Å²) in [7, 11) is 0. The van der Waals surface area contributed by atoms with Crippen molar-refractivity contribution in [2.45, 2.75) is 6.92 Å². The van der Waals surface area contributed by atoms with E-state index in [2.05, 4.69) is 5.32 Å². The van der Waals surface area contributed by atoms with Crippen LogP contribution in [0, 0.1) is 0 Å². The first-order valence-corrected chi connectivity index (χ1v) is 8.11. The van der Waals surface area contributed by atoms with E-state index in [1.807, 2.05) is 0 Å². The van der Waals surface area contributed by atoms with Crippen LogP contribution in [0.4, 0.5) is 0 Å². The van der Waals surface area contributed by atoms with E-state index in [9.17, 15) is 19.2 Å². The highest BCUT2D eigenvalue weighted by atomic mass is 32.1. The average molecular weight is 361 g/mol. The lowest BCUT2D eigenvalue weighted by atomic mass is 10.1. The predicted octanol–water partition coefficient (Wildman–Crippen LogP) is 1.83. The molecule has 0 atom stereocenters. The number of amides is 2. The van der Waals surface area contributed by atoms with Crippen LogP contribution >= 0.6 is 11.3 Å². The first kappa shape index (κ1) is 18.3. The monoisotopic (exact) mass is 361 g/mol. The molecule has 2 aromatic rings. The van der Waals surface area contributed by atoms with Crippen molar-refractivity contribution in [3.8, 4) is 5.75 Å². The molecule has 0 spiro atoms. The SMILES string of the molecule is CC(=O)c1ccc(OCC(=O)OCC(=O)NC(=O)c2cccs2)cc1. The van der Waals surface area contributed by atoms with E-state index in [1.165, 1.54) is 18.3 Å². The number of ketones is 1. The zero-order chi connectivity index (χ0) is 18.2. The van der Waals surface area contributed by atoms with Crippen LogP contribution < -0.4 is 10.1 Å². The molecule has 0 saturated carbocycles. The Morgan fingerprint density at radius 3 is 2.36 bits per heavy atom. The molecule has 2 amide bonds. The fraction of sp³-hybridized carbons (Fsp3) is 0.176. The van der Waals surface area contributed by atoms with Crippen molar-refractivity contribution in [2.24, 2.45) is 0 Å². The van der Waals surface area contributed by atoms with Crippen LogP contribution in [0.1, 0.15) is 27.0 Å². The lowest BCUT2D eigenvalue weighted by Crippen LogP contribution is -2.34.